The van der Waals surface area contributed by atoms with Gasteiger partial charge in [-0.05, 0) is 50.2 Å². The molecule has 3 rings (SSSR count). The van der Waals surface area contributed by atoms with Gasteiger partial charge >= 0.3 is 0 Å². The monoisotopic (exact) mass is 389 g/mol. The first-order valence-corrected chi connectivity index (χ1v) is 10.5. The summed E-state index contributed by atoms with van der Waals surface area (Å²) in [6.45, 7) is 11.1. The third-order valence-corrected chi connectivity index (χ3v) is 6.87. The molecular formula is C22H35N3O3. The summed E-state index contributed by atoms with van der Waals surface area (Å²) in [7, 11) is 1.82. The van der Waals surface area contributed by atoms with Gasteiger partial charge in [-0.1, -0.05) is 13.0 Å². The molecule has 2 bridgehead atoms. The molecule has 2 atom stereocenters. The van der Waals surface area contributed by atoms with E-state index in [1.54, 1.807) is 13.1 Å². The van der Waals surface area contributed by atoms with Gasteiger partial charge < -0.3 is 20.1 Å². The first-order valence-electron chi connectivity index (χ1n) is 10.5. The largest absolute Gasteiger partial charge is 0.381 e. The molecule has 2 saturated heterocycles. The van der Waals surface area contributed by atoms with Gasteiger partial charge in [-0.3, -0.25) is 9.79 Å². The molecule has 2 N–H and O–H groups in total. The van der Waals surface area contributed by atoms with Crippen LogP contribution in [0.2, 0.25) is 0 Å². The molecule has 0 aromatic carbocycles. The molecule has 0 aromatic heterocycles. The number of primary amides is 1. The summed E-state index contributed by atoms with van der Waals surface area (Å²) in [5, 5.41) is 0. The highest BCUT2D eigenvalue weighted by atomic mass is 16.5. The van der Waals surface area contributed by atoms with Gasteiger partial charge in [-0.25, -0.2) is 0 Å². The van der Waals surface area contributed by atoms with Crippen LogP contribution in [-0.4, -0.2) is 62.1 Å². The van der Waals surface area contributed by atoms with Crippen LogP contribution in [0.1, 0.15) is 39.0 Å². The Balaban J connectivity index is 1.72. The summed E-state index contributed by atoms with van der Waals surface area (Å²) in [6.07, 6.45) is 9.45. The van der Waals surface area contributed by atoms with E-state index in [-0.39, 0.29) is 5.60 Å². The molecule has 6 nitrogen and oxygen atoms in total. The number of nitrogens with two attached hydrogens (primary N) is 1. The molecule has 1 saturated carbocycles. The Morgan fingerprint density at radius 1 is 1.29 bits per heavy atom. The van der Waals surface area contributed by atoms with E-state index in [4.69, 9.17) is 15.2 Å². The lowest BCUT2D eigenvalue weighted by molar-refractivity contribution is -0.137. The van der Waals surface area contributed by atoms with Crippen LogP contribution >= 0.6 is 0 Å². The van der Waals surface area contributed by atoms with Crippen LogP contribution in [-0.2, 0) is 14.3 Å². The fraction of sp³-hybridized carbons (Fsp3) is 0.727. The van der Waals surface area contributed by atoms with Crippen LogP contribution in [0, 0.1) is 17.8 Å². The molecule has 0 aromatic rings. The number of hydrogen-bond acceptors (Lipinski definition) is 5. The maximum absolute atomic E-state index is 11.2. The highest BCUT2D eigenvalue weighted by molar-refractivity contribution is 6.37. The lowest BCUT2D eigenvalue weighted by atomic mass is 9.62. The van der Waals surface area contributed by atoms with Crippen LogP contribution in [0.4, 0.5) is 0 Å². The lowest BCUT2D eigenvalue weighted by Crippen LogP contribution is -2.62. The molecule has 6 heteroatoms. The molecule has 1 amide bonds. The summed E-state index contributed by atoms with van der Waals surface area (Å²) in [5.41, 5.74) is 6.16. The van der Waals surface area contributed by atoms with Crippen molar-refractivity contribution in [2.75, 3.05) is 40.0 Å². The Morgan fingerprint density at radius 3 is 2.50 bits per heavy atom. The second-order valence-electron chi connectivity index (χ2n) is 8.52. The fourth-order valence-electron chi connectivity index (χ4n) is 5.39. The standard InChI is InChI=1S/C22H35N3O3/c1-16(7-10-24-17(2)21(23)26)22(27-3)19-5-4-6-20(22)15-25(14-19)13-18-8-11-28-12-9-18/h7,10,18-20H,1,4-6,8-9,11-15H2,2-3H3,(H2,23,26)/b10-7-,24-17?. The van der Waals surface area contributed by atoms with E-state index in [2.05, 4.69) is 16.5 Å². The van der Waals surface area contributed by atoms with Crippen molar-refractivity contribution >= 4 is 11.6 Å². The van der Waals surface area contributed by atoms with Crippen molar-refractivity contribution < 1.29 is 14.3 Å². The molecule has 3 aliphatic rings. The number of piperidine rings is 1. The van der Waals surface area contributed by atoms with Crippen molar-refractivity contribution in [1.29, 1.82) is 0 Å². The number of likely N-dealkylation sites (tertiary alicyclic amines) is 1. The summed E-state index contributed by atoms with van der Waals surface area (Å²) in [6, 6.07) is 0. The van der Waals surface area contributed by atoms with Crippen LogP contribution in [0.5, 0.6) is 0 Å². The number of amides is 1. The molecule has 156 valence electrons. The molecule has 0 radical (unpaired) electrons. The molecule has 28 heavy (non-hydrogen) atoms. The molecule has 2 unspecified atom stereocenters. The van der Waals surface area contributed by atoms with Gasteiger partial charge in [-0.2, -0.15) is 0 Å². The number of nitrogens with zero attached hydrogens (tertiary/aromatic N) is 2. The van der Waals surface area contributed by atoms with Gasteiger partial charge in [0.05, 0.1) is 0 Å². The van der Waals surface area contributed by atoms with Gasteiger partial charge in [0.2, 0.25) is 0 Å². The molecule has 2 aliphatic heterocycles. The Hall–Kier alpha value is -1.50. The zero-order chi connectivity index (χ0) is 20.1. The van der Waals surface area contributed by atoms with E-state index in [1.807, 2.05) is 13.2 Å². The van der Waals surface area contributed by atoms with Crippen molar-refractivity contribution in [3.05, 3.63) is 24.4 Å². The topological polar surface area (TPSA) is 77.1 Å². The number of rotatable bonds is 7. The van der Waals surface area contributed by atoms with E-state index in [9.17, 15) is 4.79 Å². The smallest absolute Gasteiger partial charge is 0.262 e. The van der Waals surface area contributed by atoms with Crippen molar-refractivity contribution in [3.63, 3.8) is 0 Å². The Bertz CT molecular complexity index is 623. The van der Waals surface area contributed by atoms with Crippen LogP contribution in [0.25, 0.3) is 0 Å². The molecule has 1 aliphatic carbocycles. The zero-order valence-electron chi connectivity index (χ0n) is 17.4. The maximum atomic E-state index is 11.2. The summed E-state index contributed by atoms with van der Waals surface area (Å²) < 4.78 is 11.7. The minimum Gasteiger partial charge on any atom is -0.381 e. The van der Waals surface area contributed by atoms with Crippen molar-refractivity contribution in [2.45, 2.75) is 44.6 Å². The van der Waals surface area contributed by atoms with Crippen LogP contribution in [0.15, 0.2) is 29.4 Å². The molecule has 2 heterocycles. The second-order valence-corrected chi connectivity index (χ2v) is 8.52. The Labute approximate surface area is 168 Å². The zero-order valence-corrected chi connectivity index (χ0v) is 17.4. The van der Waals surface area contributed by atoms with E-state index >= 15 is 0 Å². The number of aliphatic imine (C=N–C) groups is 1. The van der Waals surface area contributed by atoms with E-state index < -0.39 is 5.91 Å². The number of carbonyl (C=O) groups excluding carboxylic acids is 1. The first-order chi connectivity index (χ1) is 13.5. The predicted molar refractivity (Wildman–Crippen MR) is 111 cm³/mol. The number of methoxy groups -OCH3 is 1. The minimum atomic E-state index is -0.505. The summed E-state index contributed by atoms with van der Waals surface area (Å²) in [4.78, 5) is 17.9. The van der Waals surface area contributed by atoms with Crippen LogP contribution in [0.3, 0.4) is 0 Å². The lowest BCUT2D eigenvalue weighted by Gasteiger charge is -2.56. The Kier molecular flexibility index (Phi) is 7.07. The first kappa shape index (κ1) is 21.2. The van der Waals surface area contributed by atoms with Crippen molar-refractivity contribution in [3.8, 4) is 0 Å². The van der Waals surface area contributed by atoms with E-state index in [0.717, 1.165) is 50.6 Å². The summed E-state index contributed by atoms with van der Waals surface area (Å²) >= 11 is 0. The third kappa shape index (κ3) is 4.39. The van der Waals surface area contributed by atoms with E-state index in [1.165, 1.54) is 25.8 Å². The fourth-order valence-corrected chi connectivity index (χ4v) is 5.39. The highest BCUT2D eigenvalue weighted by Crippen LogP contribution is 2.49. The molecular weight excluding hydrogens is 354 g/mol. The van der Waals surface area contributed by atoms with Gasteiger partial charge in [0.25, 0.3) is 5.91 Å². The van der Waals surface area contributed by atoms with Gasteiger partial charge in [0.15, 0.2) is 0 Å². The normalized spacial score (nSPS) is 32.6. The SMILES string of the molecule is C=C(/C=C\N=C(C)C(N)=O)C1(OC)C2CCCC1CN(CC1CCOCC1)C2. The average molecular weight is 390 g/mol. The number of ether oxygens (including phenoxy) is 2. The third-order valence-electron chi connectivity index (χ3n) is 6.87. The predicted octanol–water partition coefficient (Wildman–Crippen LogP) is 2.55. The van der Waals surface area contributed by atoms with Gasteiger partial charge in [0.1, 0.15) is 11.3 Å². The quantitative estimate of drug-likeness (QED) is 0.536. The van der Waals surface area contributed by atoms with Gasteiger partial charge in [0, 0.05) is 58.0 Å². The minimum absolute atomic E-state index is 0.294. The van der Waals surface area contributed by atoms with Gasteiger partial charge in [-0.15, -0.1) is 0 Å². The second kappa shape index (κ2) is 9.33. The van der Waals surface area contributed by atoms with Crippen molar-refractivity contribution in [2.24, 2.45) is 28.5 Å². The number of fused-ring (bicyclic) bond motifs is 2. The van der Waals surface area contributed by atoms with E-state index in [0.29, 0.717) is 17.5 Å². The number of hydrogen-bond donors (Lipinski definition) is 1. The maximum Gasteiger partial charge on any atom is 0.262 e. The molecule has 3 fully saturated rings. The Morgan fingerprint density at radius 2 is 1.93 bits per heavy atom. The number of carbonyl (C=O) groups is 1. The molecule has 0 spiro atoms. The van der Waals surface area contributed by atoms with Crippen molar-refractivity contribution in [1.82, 2.24) is 4.90 Å². The highest BCUT2D eigenvalue weighted by Gasteiger charge is 2.53. The summed E-state index contributed by atoms with van der Waals surface area (Å²) in [5.74, 6) is 1.11. The average Bonchev–Trinajstić information content (AvgIpc) is 2.67. The van der Waals surface area contributed by atoms with Crippen LogP contribution < -0.4 is 5.73 Å².